The lowest BCUT2D eigenvalue weighted by Gasteiger charge is -2.43. The highest BCUT2D eigenvalue weighted by Crippen LogP contribution is 2.32. The van der Waals surface area contributed by atoms with Crippen molar-refractivity contribution in [2.45, 2.75) is 31.8 Å². The molecule has 0 saturated carbocycles. The van der Waals surface area contributed by atoms with Gasteiger partial charge in [-0.05, 0) is 38.1 Å². The van der Waals surface area contributed by atoms with Crippen LogP contribution in [0.4, 0.5) is 0 Å². The standard InChI is InChI=1S/C15H30N2O3/c1-16-12-15(4-9-19-10-5-15)13-17-6-2-14(3-7-17)20-11-8-18/h14,16,18H,2-13H2,1H3. The highest BCUT2D eigenvalue weighted by Gasteiger charge is 2.34. The first-order valence-electron chi connectivity index (χ1n) is 7.95. The first-order valence-corrected chi connectivity index (χ1v) is 7.95. The van der Waals surface area contributed by atoms with Gasteiger partial charge in [0.25, 0.3) is 0 Å². The maximum absolute atomic E-state index is 8.80. The molecule has 0 atom stereocenters. The Kier molecular flexibility index (Phi) is 6.71. The molecule has 2 rings (SSSR count). The number of aliphatic hydroxyl groups excluding tert-OH is 1. The zero-order chi connectivity index (χ0) is 14.3. The molecule has 0 aromatic heterocycles. The van der Waals surface area contributed by atoms with Crippen LogP contribution in [0.15, 0.2) is 0 Å². The number of nitrogens with one attached hydrogen (secondary N) is 1. The first kappa shape index (κ1) is 16.2. The van der Waals surface area contributed by atoms with E-state index >= 15 is 0 Å². The molecule has 118 valence electrons. The van der Waals surface area contributed by atoms with Gasteiger partial charge in [-0.15, -0.1) is 0 Å². The Bertz CT molecular complexity index is 256. The van der Waals surface area contributed by atoms with E-state index in [-0.39, 0.29) is 6.61 Å². The van der Waals surface area contributed by atoms with Crippen LogP contribution in [-0.2, 0) is 9.47 Å². The molecule has 2 heterocycles. The van der Waals surface area contributed by atoms with Crippen molar-refractivity contribution in [3.8, 4) is 0 Å². The van der Waals surface area contributed by atoms with E-state index in [1.807, 2.05) is 7.05 Å². The third-order valence-electron chi connectivity index (χ3n) is 4.64. The Balaban J connectivity index is 1.77. The van der Waals surface area contributed by atoms with Crippen LogP contribution in [0.1, 0.15) is 25.7 Å². The lowest BCUT2D eigenvalue weighted by atomic mass is 9.79. The van der Waals surface area contributed by atoms with Crippen molar-refractivity contribution in [1.82, 2.24) is 10.2 Å². The van der Waals surface area contributed by atoms with Crippen LogP contribution in [0, 0.1) is 5.41 Å². The molecule has 20 heavy (non-hydrogen) atoms. The number of aliphatic hydroxyl groups is 1. The van der Waals surface area contributed by atoms with Crippen LogP contribution in [0.3, 0.4) is 0 Å². The number of hydrogen-bond donors (Lipinski definition) is 2. The predicted molar refractivity (Wildman–Crippen MR) is 78.9 cm³/mol. The van der Waals surface area contributed by atoms with Gasteiger partial charge in [-0.1, -0.05) is 0 Å². The third kappa shape index (κ3) is 4.67. The van der Waals surface area contributed by atoms with Crippen molar-refractivity contribution in [2.75, 3.05) is 59.7 Å². The molecule has 0 amide bonds. The number of ether oxygens (including phenoxy) is 2. The Labute approximate surface area is 122 Å². The summed E-state index contributed by atoms with van der Waals surface area (Å²) < 4.78 is 11.2. The summed E-state index contributed by atoms with van der Waals surface area (Å²) in [4.78, 5) is 2.58. The summed E-state index contributed by atoms with van der Waals surface area (Å²) in [5, 5.41) is 12.2. The van der Waals surface area contributed by atoms with Gasteiger partial charge < -0.3 is 24.8 Å². The summed E-state index contributed by atoms with van der Waals surface area (Å²) in [5.41, 5.74) is 0.381. The molecule has 0 aromatic rings. The van der Waals surface area contributed by atoms with Crippen molar-refractivity contribution in [2.24, 2.45) is 5.41 Å². The Morgan fingerprint density at radius 2 is 2.00 bits per heavy atom. The quantitative estimate of drug-likeness (QED) is 0.713. The summed E-state index contributed by atoms with van der Waals surface area (Å²) in [6.07, 6.45) is 4.84. The van der Waals surface area contributed by atoms with Gasteiger partial charge >= 0.3 is 0 Å². The van der Waals surface area contributed by atoms with Crippen molar-refractivity contribution >= 4 is 0 Å². The SMILES string of the molecule is CNCC1(CN2CCC(OCCO)CC2)CCOCC1. The lowest BCUT2D eigenvalue weighted by molar-refractivity contribution is -0.0337. The summed E-state index contributed by atoms with van der Waals surface area (Å²) in [6.45, 7) is 6.89. The normalized spacial score (nSPS) is 24.9. The number of piperidine rings is 1. The van der Waals surface area contributed by atoms with E-state index in [0.29, 0.717) is 18.1 Å². The molecule has 2 aliphatic heterocycles. The van der Waals surface area contributed by atoms with E-state index in [9.17, 15) is 0 Å². The second-order valence-corrected chi connectivity index (χ2v) is 6.21. The van der Waals surface area contributed by atoms with Crippen LogP contribution in [-0.4, -0.2) is 75.8 Å². The van der Waals surface area contributed by atoms with Crippen LogP contribution >= 0.6 is 0 Å². The fourth-order valence-electron chi connectivity index (χ4n) is 3.50. The van der Waals surface area contributed by atoms with Crippen molar-refractivity contribution in [3.05, 3.63) is 0 Å². The number of rotatable bonds is 7. The topological polar surface area (TPSA) is 54.0 Å². The molecule has 2 saturated heterocycles. The van der Waals surface area contributed by atoms with Gasteiger partial charge in [-0.3, -0.25) is 0 Å². The minimum absolute atomic E-state index is 0.130. The van der Waals surface area contributed by atoms with Crippen LogP contribution in [0.5, 0.6) is 0 Å². The minimum atomic E-state index is 0.130. The Morgan fingerprint density at radius 3 is 2.60 bits per heavy atom. The minimum Gasteiger partial charge on any atom is -0.394 e. The van der Waals surface area contributed by atoms with Gasteiger partial charge in [0.05, 0.1) is 19.3 Å². The van der Waals surface area contributed by atoms with Crippen LogP contribution in [0.2, 0.25) is 0 Å². The molecule has 0 unspecified atom stereocenters. The van der Waals surface area contributed by atoms with Gasteiger partial charge in [0, 0.05) is 39.4 Å². The van der Waals surface area contributed by atoms with Crippen LogP contribution in [0.25, 0.3) is 0 Å². The molecule has 0 aliphatic carbocycles. The Hall–Kier alpha value is -0.200. The van der Waals surface area contributed by atoms with Gasteiger partial charge in [-0.25, -0.2) is 0 Å². The van der Waals surface area contributed by atoms with Crippen molar-refractivity contribution < 1.29 is 14.6 Å². The molecule has 5 heteroatoms. The highest BCUT2D eigenvalue weighted by molar-refractivity contribution is 4.88. The summed E-state index contributed by atoms with van der Waals surface area (Å²) in [7, 11) is 2.05. The molecular formula is C15H30N2O3. The maximum Gasteiger partial charge on any atom is 0.0701 e. The summed E-state index contributed by atoms with van der Waals surface area (Å²) >= 11 is 0. The molecule has 2 N–H and O–H groups in total. The molecule has 0 bridgehead atoms. The monoisotopic (exact) mass is 286 g/mol. The first-order chi connectivity index (χ1) is 9.78. The van der Waals surface area contributed by atoms with Gasteiger partial charge in [-0.2, -0.15) is 0 Å². The van der Waals surface area contributed by atoms with E-state index in [1.165, 1.54) is 6.54 Å². The second-order valence-electron chi connectivity index (χ2n) is 6.21. The Morgan fingerprint density at radius 1 is 1.30 bits per heavy atom. The highest BCUT2D eigenvalue weighted by atomic mass is 16.5. The van der Waals surface area contributed by atoms with Gasteiger partial charge in [0.2, 0.25) is 0 Å². The predicted octanol–water partition coefficient (Wildman–Crippen LogP) is 0.476. The zero-order valence-electron chi connectivity index (χ0n) is 12.8. The number of hydrogen-bond acceptors (Lipinski definition) is 5. The fourth-order valence-corrected chi connectivity index (χ4v) is 3.50. The lowest BCUT2D eigenvalue weighted by Crippen LogP contribution is -2.49. The second kappa shape index (κ2) is 8.29. The molecule has 0 spiro atoms. The average Bonchev–Trinajstić information content (AvgIpc) is 2.48. The van der Waals surface area contributed by atoms with Crippen molar-refractivity contribution in [1.29, 1.82) is 0 Å². The fraction of sp³-hybridized carbons (Fsp3) is 1.00. The zero-order valence-corrected chi connectivity index (χ0v) is 12.8. The average molecular weight is 286 g/mol. The van der Waals surface area contributed by atoms with E-state index in [4.69, 9.17) is 14.6 Å². The molecule has 0 radical (unpaired) electrons. The largest absolute Gasteiger partial charge is 0.394 e. The van der Waals surface area contributed by atoms with Crippen molar-refractivity contribution in [3.63, 3.8) is 0 Å². The maximum atomic E-state index is 8.80. The van der Waals surface area contributed by atoms with E-state index in [2.05, 4.69) is 10.2 Å². The third-order valence-corrected chi connectivity index (χ3v) is 4.64. The van der Waals surface area contributed by atoms with E-state index in [0.717, 1.165) is 58.5 Å². The molecule has 5 nitrogen and oxygen atoms in total. The molecule has 2 fully saturated rings. The van der Waals surface area contributed by atoms with Gasteiger partial charge in [0.1, 0.15) is 0 Å². The number of likely N-dealkylation sites (tertiary alicyclic amines) is 1. The summed E-state index contributed by atoms with van der Waals surface area (Å²) in [5.74, 6) is 0. The smallest absolute Gasteiger partial charge is 0.0701 e. The van der Waals surface area contributed by atoms with E-state index < -0.39 is 0 Å². The molecule has 2 aliphatic rings. The number of nitrogens with zero attached hydrogens (tertiary/aromatic N) is 1. The molecule has 0 aromatic carbocycles. The molecular weight excluding hydrogens is 256 g/mol. The van der Waals surface area contributed by atoms with E-state index in [1.54, 1.807) is 0 Å². The summed E-state index contributed by atoms with van der Waals surface area (Å²) in [6, 6.07) is 0. The van der Waals surface area contributed by atoms with Gasteiger partial charge in [0.15, 0.2) is 0 Å². The van der Waals surface area contributed by atoms with Crippen LogP contribution < -0.4 is 5.32 Å².